The van der Waals surface area contributed by atoms with Gasteiger partial charge in [-0.1, -0.05) is 18.2 Å². The summed E-state index contributed by atoms with van der Waals surface area (Å²) >= 11 is 0. The number of benzene rings is 1. The molecule has 0 aliphatic carbocycles. The Bertz CT molecular complexity index is 733. The normalized spacial score (nSPS) is 25.3. The highest BCUT2D eigenvalue weighted by atomic mass is 32.2. The smallest absolute Gasteiger partial charge is 0.227 e. The van der Waals surface area contributed by atoms with Crippen LogP contribution >= 0.6 is 0 Å². The first-order chi connectivity index (χ1) is 11.9. The van der Waals surface area contributed by atoms with Crippen molar-refractivity contribution in [1.82, 2.24) is 5.32 Å². The fraction of sp³-hybridized carbons (Fsp3) is 0.556. The molecule has 2 amide bonds. The maximum Gasteiger partial charge on any atom is 0.227 e. The lowest BCUT2D eigenvalue weighted by molar-refractivity contribution is -0.126. The van der Waals surface area contributed by atoms with Gasteiger partial charge in [0.1, 0.15) is 0 Å². The molecular weight excluding hydrogens is 340 g/mol. The summed E-state index contributed by atoms with van der Waals surface area (Å²) in [7, 11) is -2.83. The third kappa shape index (κ3) is 4.60. The van der Waals surface area contributed by atoms with E-state index in [1.807, 2.05) is 30.3 Å². The van der Waals surface area contributed by atoms with Gasteiger partial charge in [0, 0.05) is 25.2 Å². The number of rotatable bonds is 6. The third-order valence-electron chi connectivity index (χ3n) is 4.98. The van der Waals surface area contributed by atoms with E-state index in [2.05, 4.69) is 5.32 Å². The second-order valence-electron chi connectivity index (χ2n) is 6.94. The number of nitrogens with zero attached hydrogens (tertiary/aromatic N) is 1. The lowest BCUT2D eigenvalue weighted by Crippen LogP contribution is -2.33. The lowest BCUT2D eigenvalue weighted by Gasteiger charge is -2.16. The number of sulfone groups is 1. The van der Waals surface area contributed by atoms with Gasteiger partial charge >= 0.3 is 0 Å². The average Bonchev–Trinajstić information content (AvgIpc) is 3.14. The second-order valence-corrected chi connectivity index (χ2v) is 9.17. The van der Waals surface area contributed by atoms with Crippen molar-refractivity contribution in [3.05, 3.63) is 30.3 Å². The number of hydrogen-bond donors (Lipinski definition) is 1. The van der Waals surface area contributed by atoms with E-state index in [1.54, 1.807) is 4.90 Å². The summed E-state index contributed by atoms with van der Waals surface area (Å²) in [4.78, 5) is 26.1. The number of para-hydroxylation sites is 1. The third-order valence-corrected chi connectivity index (χ3v) is 6.82. The van der Waals surface area contributed by atoms with Gasteiger partial charge in [0.15, 0.2) is 9.84 Å². The summed E-state index contributed by atoms with van der Waals surface area (Å²) in [5.41, 5.74) is 0.824. The molecule has 0 aromatic heterocycles. The van der Waals surface area contributed by atoms with Gasteiger partial charge in [-0.15, -0.1) is 0 Å². The number of amides is 2. The molecule has 2 heterocycles. The van der Waals surface area contributed by atoms with E-state index in [-0.39, 0.29) is 35.8 Å². The molecule has 1 aromatic carbocycles. The molecule has 136 valence electrons. The molecule has 2 unspecified atom stereocenters. The average molecular weight is 364 g/mol. The Morgan fingerprint density at radius 1 is 1.24 bits per heavy atom. The molecule has 2 atom stereocenters. The van der Waals surface area contributed by atoms with Crippen molar-refractivity contribution >= 4 is 27.3 Å². The molecule has 2 aliphatic rings. The van der Waals surface area contributed by atoms with Crippen molar-refractivity contribution < 1.29 is 18.0 Å². The molecule has 2 saturated heterocycles. The van der Waals surface area contributed by atoms with Gasteiger partial charge in [-0.25, -0.2) is 8.42 Å². The van der Waals surface area contributed by atoms with Crippen molar-refractivity contribution in [2.24, 2.45) is 11.8 Å². The topological polar surface area (TPSA) is 83.5 Å². The minimum absolute atomic E-state index is 0.0255. The van der Waals surface area contributed by atoms with Gasteiger partial charge in [-0.05, 0) is 37.3 Å². The molecule has 3 rings (SSSR count). The standard InChI is InChI=1S/C18H24N2O4S/c21-17-11-15(12-20(17)16-6-2-1-3-7-16)18(22)19-9-4-5-14-8-10-25(23,24)13-14/h1-3,6-7,14-15H,4-5,8-13H2,(H,19,22). The minimum Gasteiger partial charge on any atom is -0.356 e. The molecule has 6 nitrogen and oxygen atoms in total. The Morgan fingerprint density at radius 2 is 2.00 bits per heavy atom. The van der Waals surface area contributed by atoms with Gasteiger partial charge in [0.2, 0.25) is 11.8 Å². The summed E-state index contributed by atoms with van der Waals surface area (Å²) < 4.78 is 22.9. The monoisotopic (exact) mass is 364 g/mol. The van der Waals surface area contributed by atoms with Crippen LogP contribution in [0.25, 0.3) is 0 Å². The highest BCUT2D eigenvalue weighted by molar-refractivity contribution is 7.91. The predicted molar refractivity (Wildman–Crippen MR) is 95.9 cm³/mol. The first-order valence-electron chi connectivity index (χ1n) is 8.78. The van der Waals surface area contributed by atoms with E-state index in [9.17, 15) is 18.0 Å². The zero-order valence-corrected chi connectivity index (χ0v) is 15.0. The summed E-state index contributed by atoms with van der Waals surface area (Å²) in [5.74, 6) is 0.365. The van der Waals surface area contributed by atoms with Gasteiger partial charge in [0.25, 0.3) is 0 Å². The zero-order chi connectivity index (χ0) is 17.9. The maximum atomic E-state index is 12.3. The molecule has 1 N–H and O–H groups in total. The molecule has 0 radical (unpaired) electrons. The van der Waals surface area contributed by atoms with Crippen LogP contribution in [0, 0.1) is 11.8 Å². The zero-order valence-electron chi connectivity index (χ0n) is 14.2. The lowest BCUT2D eigenvalue weighted by atomic mass is 10.0. The quantitative estimate of drug-likeness (QED) is 0.773. The van der Waals surface area contributed by atoms with E-state index in [1.165, 1.54) is 0 Å². The molecular formula is C18H24N2O4S. The second kappa shape index (κ2) is 7.56. The number of carbonyl (C=O) groups excluding carboxylic acids is 2. The molecule has 0 saturated carbocycles. The van der Waals surface area contributed by atoms with Crippen LogP contribution in [0.1, 0.15) is 25.7 Å². The van der Waals surface area contributed by atoms with Crippen LogP contribution in [0.4, 0.5) is 5.69 Å². The van der Waals surface area contributed by atoms with Gasteiger partial charge in [-0.2, -0.15) is 0 Å². The van der Waals surface area contributed by atoms with Crippen LogP contribution in [-0.2, 0) is 19.4 Å². The van der Waals surface area contributed by atoms with Crippen molar-refractivity contribution in [1.29, 1.82) is 0 Å². The fourth-order valence-corrected chi connectivity index (χ4v) is 5.50. The van der Waals surface area contributed by atoms with Crippen LogP contribution in [-0.4, -0.2) is 44.8 Å². The van der Waals surface area contributed by atoms with Gasteiger partial charge < -0.3 is 10.2 Å². The van der Waals surface area contributed by atoms with E-state index in [0.29, 0.717) is 18.8 Å². The molecule has 0 bridgehead atoms. The van der Waals surface area contributed by atoms with E-state index >= 15 is 0 Å². The van der Waals surface area contributed by atoms with Crippen LogP contribution in [0.15, 0.2) is 30.3 Å². The van der Waals surface area contributed by atoms with E-state index in [4.69, 9.17) is 0 Å². The minimum atomic E-state index is -2.83. The predicted octanol–water partition coefficient (Wildman–Crippen LogP) is 1.37. The summed E-state index contributed by atoms with van der Waals surface area (Å²) in [6.45, 7) is 0.945. The Morgan fingerprint density at radius 3 is 2.68 bits per heavy atom. The fourth-order valence-electron chi connectivity index (χ4n) is 3.59. The van der Waals surface area contributed by atoms with Crippen LogP contribution < -0.4 is 10.2 Å². The molecule has 2 fully saturated rings. The summed E-state index contributed by atoms with van der Waals surface area (Å²) in [6, 6.07) is 9.38. The summed E-state index contributed by atoms with van der Waals surface area (Å²) in [6.07, 6.45) is 2.56. The number of anilines is 1. The number of hydrogen-bond acceptors (Lipinski definition) is 4. The number of nitrogens with one attached hydrogen (secondary N) is 1. The van der Waals surface area contributed by atoms with E-state index < -0.39 is 9.84 Å². The Labute approximate surface area is 148 Å². The Hall–Kier alpha value is -1.89. The van der Waals surface area contributed by atoms with Gasteiger partial charge in [-0.3, -0.25) is 9.59 Å². The molecule has 7 heteroatoms. The van der Waals surface area contributed by atoms with Crippen molar-refractivity contribution in [3.8, 4) is 0 Å². The van der Waals surface area contributed by atoms with Gasteiger partial charge in [0.05, 0.1) is 17.4 Å². The molecule has 25 heavy (non-hydrogen) atoms. The first-order valence-corrected chi connectivity index (χ1v) is 10.6. The largest absolute Gasteiger partial charge is 0.356 e. The SMILES string of the molecule is O=C(NCCCC1CCS(=O)(=O)C1)C1CC(=O)N(c2ccccc2)C1. The molecule has 0 spiro atoms. The highest BCUT2D eigenvalue weighted by Gasteiger charge is 2.35. The molecule has 1 aromatic rings. The van der Waals surface area contributed by atoms with Crippen LogP contribution in [0.5, 0.6) is 0 Å². The Kier molecular flexibility index (Phi) is 5.42. The highest BCUT2D eigenvalue weighted by Crippen LogP contribution is 2.25. The number of carbonyl (C=O) groups is 2. The van der Waals surface area contributed by atoms with E-state index in [0.717, 1.165) is 24.9 Å². The summed E-state index contributed by atoms with van der Waals surface area (Å²) in [5, 5.41) is 2.89. The van der Waals surface area contributed by atoms with Crippen LogP contribution in [0.2, 0.25) is 0 Å². The van der Waals surface area contributed by atoms with Crippen molar-refractivity contribution in [2.45, 2.75) is 25.7 Å². The first kappa shape index (κ1) is 17.9. The van der Waals surface area contributed by atoms with Crippen LogP contribution in [0.3, 0.4) is 0 Å². The maximum absolute atomic E-state index is 12.3. The van der Waals surface area contributed by atoms with Crippen molar-refractivity contribution in [2.75, 3.05) is 29.5 Å². The molecule has 2 aliphatic heterocycles. The van der Waals surface area contributed by atoms with Crippen molar-refractivity contribution in [3.63, 3.8) is 0 Å². The Balaban J connectivity index is 1.41.